The molecule has 0 aliphatic carbocycles. The van der Waals surface area contributed by atoms with Crippen molar-refractivity contribution < 1.29 is 20.1 Å². The van der Waals surface area contributed by atoms with Crippen LogP contribution in [0.2, 0.25) is 0 Å². The van der Waals surface area contributed by atoms with Crippen molar-refractivity contribution in [3.8, 4) is 0 Å². The summed E-state index contributed by atoms with van der Waals surface area (Å²) in [5.74, 6) is -0.516. The smallest absolute Gasteiger partial charge is 0.249 e. The summed E-state index contributed by atoms with van der Waals surface area (Å²) < 4.78 is 0. The Morgan fingerprint density at radius 1 is 0.375 bits per heavy atom. The first kappa shape index (κ1) is 62.3. The van der Waals surface area contributed by atoms with Gasteiger partial charge in [-0.15, -0.1) is 0 Å². The topological polar surface area (TPSA) is 89.8 Å². The van der Waals surface area contributed by atoms with Crippen LogP contribution in [0.5, 0.6) is 0 Å². The molecule has 0 aromatic heterocycles. The second kappa shape index (κ2) is 53.9. The first-order valence-electron chi connectivity index (χ1n) is 28.5. The summed E-state index contributed by atoms with van der Waals surface area (Å²) in [7, 11) is 0. The fourth-order valence-corrected chi connectivity index (χ4v) is 8.68. The molecule has 5 heteroatoms. The van der Waals surface area contributed by atoms with Crippen LogP contribution >= 0.6 is 0 Å². The number of carbonyl (C=O) groups is 1. The van der Waals surface area contributed by atoms with Crippen molar-refractivity contribution in [2.24, 2.45) is 0 Å². The Labute approximate surface area is 399 Å². The first-order valence-corrected chi connectivity index (χ1v) is 28.5. The molecule has 0 saturated heterocycles. The van der Waals surface area contributed by atoms with Crippen LogP contribution < -0.4 is 5.32 Å². The van der Waals surface area contributed by atoms with Gasteiger partial charge in [-0.1, -0.05) is 274 Å². The number of aliphatic hydroxyl groups excluding tert-OH is 3. The quantitative estimate of drug-likeness (QED) is 0.0362. The molecule has 3 atom stereocenters. The van der Waals surface area contributed by atoms with Gasteiger partial charge in [0.2, 0.25) is 5.91 Å². The Morgan fingerprint density at radius 3 is 0.953 bits per heavy atom. The third-order valence-electron chi connectivity index (χ3n) is 13.1. The van der Waals surface area contributed by atoms with Gasteiger partial charge in [0.1, 0.15) is 6.10 Å². The summed E-state index contributed by atoms with van der Waals surface area (Å²) in [6.07, 6.45) is 71.9. The van der Waals surface area contributed by atoms with Crippen molar-refractivity contribution in [2.75, 3.05) is 6.61 Å². The van der Waals surface area contributed by atoms with Gasteiger partial charge in [-0.25, -0.2) is 0 Å². The molecule has 5 nitrogen and oxygen atoms in total. The highest BCUT2D eigenvalue weighted by molar-refractivity contribution is 5.80. The van der Waals surface area contributed by atoms with Gasteiger partial charge in [-0.3, -0.25) is 4.79 Å². The minimum atomic E-state index is -1.11. The molecule has 376 valence electrons. The van der Waals surface area contributed by atoms with Crippen molar-refractivity contribution in [1.82, 2.24) is 5.32 Å². The van der Waals surface area contributed by atoms with Gasteiger partial charge in [-0.05, 0) is 70.6 Å². The summed E-state index contributed by atoms with van der Waals surface area (Å²) in [4.78, 5) is 12.5. The molecular formula is C59H111NO4. The van der Waals surface area contributed by atoms with E-state index in [0.717, 1.165) is 44.9 Å². The van der Waals surface area contributed by atoms with E-state index in [-0.39, 0.29) is 6.61 Å². The summed E-state index contributed by atoms with van der Waals surface area (Å²) in [5, 5.41) is 33.3. The van der Waals surface area contributed by atoms with E-state index in [9.17, 15) is 20.1 Å². The minimum absolute atomic E-state index is 0.382. The molecule has 64 heavy (non-hydrogen) atoms. The molecule has 0 spiro atoms. The molecule has 0 saturated carbocycles. The van der Waals surface area contributed by atoms with E-state index in [4.69, 9.17) is 0 Å². The Kier molecular flexibility index (Phi) is 52.5. The molecule has 0 aliphatic rings. The largest absolute Gasteiger partial charge is 0.394 e. The number of amides is 1. The second-order valence-corrected chi connectivity index (χ2v) is 19.5. The molecule has 0 bridgehead atoms. The summed E-state index contributed by atoms with van der Waals surface area (Å²) in [6, 6.07) is -0.823. The van der Waals surface area contributed by atoms with E-state index in [1.807, 2.05) is 6.08 Å². The fraction of sp³-hybridized carbons (Fsp3) is 0.847. The Bertz CT molecular complexity index is 1040. The van der Waals surface area contributed by atoms with Crippen molar-refractivity contribution >= 4 is 5.91 Å². The molecule has 3 unspecified atom stereocenters. The Morgan fingerprint density at radius 2 is 0.641 bits per heavy atom. The third kappa shape index (κ3) is 48.2. The monoisotopic (exact) mass is 898 g/mol. The molecule has 0 aromatic rings. The maximum Gasteiger partial charge on any atom is 0.249 e. The molecular weight excluding hydrogens is 787 g/mol. The van der Waals surface area contributed by atoms with Crippen molar-refractivity contribution in [1.29, 1.82) is 0 Å². The van der Waals surface area contributed by atoms with Gasteiger partial charge in [0.25, 0.3) is 0 Å². The van der Waals surface area contributed by atoms with E-state index in [0.29, 0.717) is 6.42 Å². The average molecular weight is 899 g/mol. The van der Waals surface area contributed by atoms with E-state index in [1.54, 1.807) is 6.08 Å². The maximum absolute atomic E-state index is 12.5. The van der Waals surface area contributed by atoms with E-state index in [1.165, 1.54) is 231 Å². The van der Waals surface area contributed by atoms with Gasteiger partial charge >= 0.3 is 0 Å². The zero-order valence-electron chi connectivity index (χ0n) is 42.9. The van der Waals surface area contributed by atoms with Crippen LogP contribution in [0.25, 0.3) is 0 Å². The van der Waals surface area contributed by atoms with Crippen LogP contribution in [-0.2, 0) is 4.79 Å². The van der Waals surface area contributed by atoms with Gasteiger partial charge < -0.3 is 20.6 Å². The average Bonchev–Trinajstić information content (AvgIpc) is 3.30. The van der Waals surface area contributed by atoms with Crippen molar-refractivity contribution in [3.05, 3.63) is 48.6 Å². The van der Waals surface area contributed by atoms with E-state index in [2.05, 4.69) is 55.6 Å². The van der Waals surface area contributed by atoms with E-state index >= 15 is 0 Å². The second-order valence-electron chi connectivity index (χ2n) is 19.5. The fourth-order valence-electron chi connectivity index (χ4n) is 8.68. The number of carbonyl (C=O) groups excluding carboxylic acids is 1. The van der Waals surface area contributed by atoms with Crippen LogP contribution in [-0.4, -0.2) is 46.1 Å². The highest BCUT2D eigenvalue weighted by Gasteiger charge is 2.22. The summed E-state index contributed by atoms with van der Waals surface area (Å²) in [5.41, 5.74) is 0. The van der Waals surface area contributed by atoms with Crippen LogP contribution in [0, 0.1) is 0 Å². The summed E-state index contributed by atoms with van der Waals surface area (Å²) in [6.45, 7) is 4.20. The summed E-state index contributed by atoms with van der Waals surface area (Å²) >= 11 is 0. The number of unbranched alkanes of at least 4 members (excludes halogenated alkanes) is 38. The van der Waals surface area contributed by atoms with Crippen LogP contribution in [0.15, 0.2) is 48.6 Å². The first-order chi connectivity index (χ1) is 31.6. The zero-order chi connectivity index (χ0) is 46.5. The molecule has 0 rings (SSSR count). The van der Waals surface area contributed by atoms with E-state index < -0.39 is 24.2 Å². The molecule has 0 heterocycles. The Balaban J connectivity index is 3.64. The normalized spacial score (nSPS) is 13.6. The van der Waals surface area contributed by atoms with Gasteiger partial charge in [0.15, 0.2) is 0 Å². The van der Waals surface area contributed by atoms with Crippen LogP contribution in [0.4, 0.5) is 0 Å². The third-order valence-corrected chi connectivity index (χ3v) is 13.1. The maximum atomic E-state index is 12.5. The molecule has 0 radical (unpaired) electrons. The molecule has 0 aromatic carbocycles. The predicted octanol–water partition coefficient (Wildman–Crippen LogP) is 17.6. The van der Waals surface area contributed by atoms with Crippen LogP contribution in [0.3, 0.4) is 0 Å². The number of aliphatic hydroxyl groups is 3. The van der Waals surface area contributed by atoms with Crippen molar-refractivity contribution in [2.45, 2.75) is 315 Å². The highest BCUT2D eigenvalue weighted by Crippen LogP contribution is 2.16. The molecule has 0 aliphatic heterocycles. The number of nitrogens with one attached hydrogen (secondary N) is 1. The SMILES string of the molecule is CCCCCCCCCCCCCC/C=C\CCCCCCCCCCCCC(O)C(=O)NC(CO)C(O)/C=C/CC/C=C/CC/C=C/CCCCCCCCCCCCCCCC. The number of rotatable bonds is 52. The van der Waals surface area contributed by atoms with Gasteiger partial charge in [-0.2, -0.15) is 0 Å². The lowest BCUT2D eigenvalue weighted by molar-refractivity contribution is -0.131. The van der Waals surface area contributed by atoms with Crippen LogP contribution in [0.1, 0.15) is 296 Å². The molecule has 1 amide bonds. The standard InChI is InChI=1S/C59H111NO4/c1-3-5-7-9-11-13-15-17-19-21-23-25-27-29-30-32-34-36-38-40-42-44-46-48-50-52-54-58(63)59(64)60-56(55-61)57(62)53-51-49-47-45-43-41-39-37-35-33-31-28-26-24-22-20-18-16-14-12-10-8-6-4-2/h29-30,35,37,43,45,51,53,56-58,61-63H,3-28,31-34,36,38-42,44,46-50,52,54-55H2,1-2H3,(H,60,64)/b30-29-,37-35+,45-43+,53-51+. The molecule has 0 fully saturated rings. The minimum Gasteiger partial charge on any atom is -0.394 e. The lowest BCUT2D eigenvalue weighted by Crippen LogP contribution is -2.48. The lowest BCUT2D eigenvalue weighted by Gasteiger charge is -2.21. The number of allylic oxidation sites excluding steroid dienone is 7. The van der Waals surface area contributed by atoms with Gasteiger partial charge in [0.05, 0.1) is 18.8 Å². The number of hydrogen-bond donors (Lipinski definition) is 4. The molecule has 4 N–H and O–H groups in total. The zero-order valence-corrected chi connectivity index (χ0v) is 42.9. The lowest BCUT2D eigenvalue weighted by atomic mass is 10.0. The van der Waals surface area contributed by atoms with Crippen molar-refractivity contribution in [3.63, 3.8) is 0 Å². The Hall–Kier alpha value is -1.69. The van der Waals surface area contributed by atoms with Gasteiger partial charge in [0, 0.05) is 0 Å². The number of hydrogen-bond acceptors (Lipinski definition) is 4. The predicted molar refractivity (Wildman–Crippen MR) is 282 cm³/mol. The highest BCUT2D eigenvalue weighted by atomic mass is 16.3.